The number of rotatable bonds is 5. The van der Waals surface area contributed by atoms with Gasteiger partial charge in [0, 0.05) is 64.6 Å². The Morgan fingerprint density at radius 2 is 2.00 bits per heavy atom. The lowest BCUT2D eigenvalue weighted by Gasteiger charge is -2.36. The third-order valence-corrected chi connectivity index (χ3v) is 5.38. The minimum Gasteiger partial charge on any atom is -0.372 e. The van der Waals surface area contributed by atoms with Gasteiger partial charge in [0.15, 0.2) is 5.76 Å². The van der Waals surface area contributed by atoms with E-state index in [-0.39, 0.29) is 6.10 Å². The van der Waals surface area contributed by atoms with Gasteiger partial charge >= 0.3 is 0 Å². The molecule has 2 aromatic rings. The summed E-state index contributed by atoms with van der Waals surface area (Å²) in [5.41, 5.74) is 2.15. The Kier molecular flexibility index (Phi) is 4.87. The SMILES string of the molecule is Cc1cc(CN2CCN(C[C@@H]3CCO[C@H]3c3ccnn3C)CC2)on1. The standard InChI is InChI=1S/C18H27N5O2/c1-14-11-16(25-20-14)13-23-8-6-22(7-9-23)12-15-4-10-24-18(15)17-3-5-19-21(17)2/h3,5,11,15,18H,4,6-10,12-13H2,1-2H3/t15-,18+/m0/s1. The van der Waals surface area contributed by atoms with Crippen molar-refractivity contribution in [2.75, 3.05) is 39.3 Å². The van der Waals surface area contributed by atoms with Crippen LogP contribution in [0.15, 0.2) is 22.9 Å². The van der Waals surface area contributed by atoms with Crippen molar-refractivity contribution in [3.05, 3.63) is 35.5 Å². The Morgan fingerprint density at radius 3 is 2.68 bits per heavy atom. The predicted molar refractivity (Wildman–Crippen MR) is 93.0 cm³/mol. The maximum Gasteiger partial charge on any atom is 0.150 e. The number of hydrogen-bond donors (Lipinski definition) is 0. The molecule has 0 unspecified atom stereocenters. The lowest BCUT2D eigenvalue weighted by molar-refractivity contribution is 0.0575. The number of aromatic nitrogens is 3. The van der Waals surface area contributed by atoms with Gasteiger partial charge < -0.3 is 14.2 Å². The molecule has 7 nitrogen and oxygen atoms in total. The van der Waals surface area contributed by atoms with Crippen LogP contribution in [0.1, 0.15) is 29.7 Å². The van der Waals surface area contributed by atoms with E-state index in [1.807, 2.05) is 30.9 Å². The van der Waals surface area contributed by atoms with Gasteiger partial charge in [0.25, 0.3) is 0 Å². The molecule has 2 fully saturated rings. The van der Waals surface area contributed by atoms with Crippen molar-refractivity contribution in [3.63, 3.8) is 0 Å². The van der Waals surface area contributed by atoms with Crippen LogP contribution in [0.2, 0.25) is 0 Å². The van der Waals surface area contributed by atoms with Crippen LogP contribution >= 0.6 is 0 Å². The zero-order valence-corrected chi connectivity index (χ0v) is 15.1. The Hall–Kier alpha value is -1.70. The maximum absolute atomic E-state index is 6.02. The van der Waals surface area contributed by atoms with E-state index < -0.39 is 0 Å². The Labute approximate surface area is 148 Å². The van der Waals surface area contributed by atoms with E-state index in [0.29, 0.717) is 5.92 Å². The quantitative estimate of drug-likeness (QED) is 0.821. The highest BCUT2D eigenvalue weighted by atomic mass is 16.5. The highest BCUT2D eigenvalue weighted by Crippen LogP contribution is 2.34. The summed E-state index contributed by atoms with van der Waals surface area (Å²) in [4.78, 5) is 5.02. The molecule has 0 spiro atoms. The summed E-state index contributed by atoms with van der Waals surface area (Å²) in [6, 6.07) is 4.11. The average Bonchev–Trinajstić information content (AvgIpc) is 3.31. The Morgan fingerprint density at radius 1 is 1.20 bits per heavy atom. The summed E-state index contributed by atoms with van der Waals surface area (Å²) < 4.78 is 13.3. The topological polar surface area (TPSA) is 59.6 Å². The van der Waals surface area contributed by atoms with E-state index >= 15 is 0 Å². The normalized spacial score (nSPS) is 25.7. The largest absolute Gasteiger partial charge is 0.372 e. The summed E-state index contributed by atoms with van der Waals surface area (Å²) in [5, 5.41) is 8.27. The van der Waals surface area contributed by atoms with Crippen molar-refractivity contribution in [1.29, 1.82) is 0 Å². The molecular weight excluding hydrogens is 318 g/mol. The average molecular weight is 345 g/mol. The van der Waals surface area contributed by atoms with Crippen molar-refractivity contribution >= 4 is 0 Å². The lowest BCUT2D eigenvalue weighted by atomic mass is 9.98. The first kappa shape index (κ1) is 16.8. The van der Waals surface area contributed by atoms with Crippen LogP contribution in [0.4, 0.5) is 0 Å². The van der Waals surface area contributed by atoms with Crippen LogP contribution in [0.25, 0.3) is 0 Å². The molecule has 136 valence electrons. The van der Waals surface area contributed by atoms with Crippen molar-refractivity contribution in [3.8, 4) is 0 Å². The van der Waals surface area contributed by atoms with Crippen LogP contribution in [0.3, 0.4) is 0 Å². The molecule has 0 amide bonds. The molecule has 25 heavy (non-hydrogen) atoms. The van der Waals surface area contributed by atoms with Crippen LogP contribution < -0.4 is 0 Å². The number of hydrogen-bond acceptors (Lipinski definition) is 6. The Bertz CT molecular complexity index is 689. The van der Waals surface area contributed by atoms with Gasteiger partial charge in [-0.25, -0.2) is 0 Å². The van der Waals surface area contributed by atoms with Crippen molar-refractivity contribution in [1.82, 2.24) is 24.7 Å². The third-order valence-electron chi connectivity index (χ3n) is 5.38. The first-order valence-electron chi connectivity index (χ1n) is 9.15. The number of ether oxygens (including phenoxy) is 1. The van der Waals surface area contributed by atoms with Gasteiger partial charge in [-0.15, -0.1) is 0 Å². The van der Waals surface area contributed by atoms with E-state index in [1.165, 1.54) is 5.69 Å². The third kappa shape index (κ3) is 3.78. The van der Waals surface area contributed by atoms with Crippen LogP contribution in [0, 0.1) is 12.8 Å². The van der Waals surface area contributed by atoms with Gasteiger partial charge in [0.05, 0.1) is 17.9 Å². The second-order valence-corrected chi connectivity index (χ2v) is 7.23. The second kappa shape index (κ2) is 7.27. The molecule has 0 bridgehead atoms. The molecule has 2 atom stereocenters. The van der Waals surface area contributed by atoms with Crippen molar-refractivity contribution in [2.24, 2.45) is 13.0 Å². The fraction of sp³-hybridized carbons (Fsp3) is 0.667. The van der Waals surface area contributed by atoms with Gasteiger partial charge in [-0.05, 0) is 19.4 Å². The van der Waals surface area contributed by atoms with Crippen molar-refractivity contribution in [2.45, 2.75) is 26.0 Å². The maximum atomic E-state index is 6.02. The molecule has 0 aliphatic carbocycles. The van der Waals surface area contributed by atoms with Gasteiger partial charge in [0.1, 0.15) is 6.10 Å². The highest BCUT2D eigenvalue weighted by Gasteiger charge is 2.33. The first-order valence-corrected chi connectivity index (χ1v) is 9.15. The fourth-order valence-electron chi connectivity index (χ4n) is 3.98. The van der Waals surface area contributed by atoms with Gasteiger partial charge in [-0.3, -0.25) is 9.58 Å². The molecule has 7 heteroatoms. The molecule has 2 saturated heterocycles. The molecule has 0 N–H and O–H groups in total. The van der Waals surface area contributed by atoms with E-state index in [4.69, 9.17) is 9.26 Å². The van der Waals surface area contributed by atoms with E-state index in [0.717, 1.165) is 63.8 Å². The monoisotopic (exact) mass is 345 g/mol. The van der Waals surface area contributed by atoms with E-state index in [9.17, 15) is 0 Å². The summed E-state index contributed by atoms with van der Waals surface area (Å²) in [6.07, 6.45) is 3.17. The molecule has 0 aromatic carbocycles. The predicted octanol–water partition coefficient (Wildman–Crippen LogP) is 1.61. The first-order chi connectivity index (χ1) is 12.2. The summed E-state index contributed by atoms with van der Waals surface area (Å²) in [6.45, 7) is 9.12. The molecule has 0 radical (unpaired) electrons. The lowest BCUT2D eigenvalue weighted by Crippen LogP contribution is -2.47. The number of aryl methyl sites for hydroxylation is 2. The van der Waals surface area contributed by atoms with E-state index in [2.05, 4.69) is 26.1 Å². The summed E-state index contributed by atoms with van der Waals surface area (Å²) >= 11 is 0. The van der Waals surface area contributed by atoms with Crippen LogP contribution in [-0.4, -0.2) is 64.1 Å². The van der Waals surface area contributed by atoms with Crippen LogP contribution in [0.5, 0.6) is 0 Å². The summed E-state index contributed by atoms with van der Waals surface area (Å²) in [7, 11) is 2.00. The number of nitrogens with zero attached hydrogens (tertiary/aromatic N) is 5. The second-order valence-electron chi connectivity index (χ2n) is 7.23. The molecule has 4 heterocycles. The zero-order valence-electron chi connectivity index (χ0n) is 15.1. The van der Waals surface area contributed by atoms with E-state index in [1.54, 1.807) is 0 Å². The molecule has 4 rings (SSSR count). The van der Waals surface area contributed by atoms with Gasteiger partial charge in [-0.2, -0.15) is 5.10 Å². The van der Waals surface area contributed by atoms with Gasteiger partial charge in [0.2, 0.25) is 0 Å². The highest BCUT2D eigenvalue weighted by molar-refractivity contribution is 5.08. The molecule has 0 saturated carbocycles. The summed E-state index contributed by atoms with van der Waals surface area (Å²) in [5.74, 6) is 1.52. The molecule has 2 aromatic heterocycles. The molecule has 2 aliphatic heterocycles. The fourth-order valence-corrected chi connectivity index (χ4v) is 3.98. The minimum absolute atomic E-state index is 0.183. The zero-order chi connectivity index (χ0) is 17.2. The van der Waals surface area contributed by atoms with Crippen LogP contribution in [-0.2, 0) is 18.3 Å². The Balaban J connectivity index is 1.29. The molecular formula is C18H27N5O2. The molecule has 2 aliphatic rings. The minimum atomic E-state index is 0.183. The smallest absolute Gasteiger partial charge is 0.150 e. The van der Waals surface area contributed by atoms with Gasteiger partial charge in [-0.1, -0.05) is 5.16 Å². The number of piperazine rings is 1. The van der Waals surface area contributed by atoms with Crippen molar-refractivity contribution < 1.29 is 9.26 Å².